The van der Waals surface area contributed by atoms with Crippen molar-refractivity contribution in [1.29, 1.82) is 0 Å². The largest absolute Gasteiger partial charge is 0.340 e. The molecule has 1 unspecified atom stereocenters. The fourth-order valence-corrected chi connectivity index (χ4v) is 2.93. The number of amides is 1. The fourth-order valence-electron chi connectivity index (χ4n) is 1.83. The van der Waals surface area contributed by atoms with Crippen LogP contribution < -0.4 is 5.73 Å². The second-order valence-corrected chi connectivity index (χ2v) is 6.16. The first-order chi connectivity index (χ1) is 9.50. The molecule has 0 saturated heterocycles. The van der Waals surface area contributed by atoms with Gasteiger partial charge in [-0.2, -0.15) is 0 Å². The van der Waals surface area contributed by atoms with Crippen molar-refractivity contribution >= 4 is 40.4 Å². The summed E-state index contributed by atoms with van der Waals surface area (Å²) in [6, 6.07) is 8.45. The molecule has 0 spiro atoms. The molecule has 1 aromatic heterocycles. The van der Waals surface area contributed by atoms with Crippen LogP contribution >= 0.6 is 34.5 Å². The van der Waals surface area contributed by atoms with E-state index in [0.717, 1.165) is 10.4 Å². The third kappa shape index (κ3) is 3.33. The first-order valence-corrected chi connectivity index (χ1v) is 7.61. The molecule has 0 aliphatic carbocycles. The van der Waals surface area contributed by atoms with Gasteiger partial charge in [0.25, 0.3) is 0 Å². The Morgan fingerprint density at radius 2 is 2.10 bits per heavy atom. The van der Waals surface area contributed by atoms with Gasteiger partial charge in [-0.15, -0.1) is 11.3 Å². The van der Waals surface area contributed by atoms with Crippen LogP contribution in [0.5, 0.6) is 0 Å². The van der Waals surface area contributed by atoms with Crippen molar-refractivity contribution in [2.45, 2.75) is 12.6 Å². The maximum absolute atomic E-state index is 12.3. The molecule has 2 aromatic rings. The molecule has 6 heteroatoms. The van der Waals surface area contributed by atoms with Gasteiger partial charge in [-0.3, -0.25) is 4.79 Å². The Bertz CT molecular complexity index is 601. The van der Waals surface area contributed by atoms with Gasteiger partial charge in [0.1, 0.15) is 6.04 Å². The highest BCUT2D eigenvalue weighted by Gasteiger charge is 2.21. The van der Waals surface area contributed by atoms with Crippen molar-refractivity contribution in [2.24, 2.45) is 5.73 Å². The highest BCUT2D eigenvalue weighted by atomic mass is 35.5. The molecular weight excluding hydrogens is 315 g/mol. The maximum Gasteiger partial charge on any atom is 0.244 e. The van der Waals surface area contributed by atoms with Gasteiger partial charge < -0.3 is 10.6 Å². The zero-order chi connectivity index (χ0) is 14.7. The van der Waals surface area contributed by atoms with E-state index in [1.54, 1.807) is 24.1 Å². The normalized spacial score (nSPS) is 12.2. The average Bonchev–Trinajstić information content (AvgIpc) is 2.96. The molecule has 3 nitrogen and oxygen atoms in total. The van der Waals surface area contributed by atoms with E-state index < -0.39 is 6.04 Å². The average molecular weight is 329 g/mol. The van der Waals surface area contributed by atoms with Crippen LogP contribution in [0, 0.1) is 0 Å². The molecule has 2 N–H and O–H groups in total. The lowest BCUT2D eigenvalue weighted by Gasteiger charge is -2.21. The summed E-state index contributed by atoms with van der Waals surface area (Å²) in [6.45, 7) is 0.372. The van der Waals surface area contributed by atoms with Gasteiger partial charge in [-0.25, -0.2) is 0 Å². The van der Waals surface area contributed by atoms with Crippen LogP contribution in [-0.2, 0) is 11.3 Å². The number of carbonyl (C=O) groups is 1. The van der Waals surface area contributed by atoms with Crippen LogP contribution in [0.25, 0.3) is 0 Å². The second-order valence-electron chi connectivity index (χ2n) is 4.40. The van der Waals surface area contributed by atoms with Gasteiger partial charge in [0.15, 0.2) is 0 Å². The van der Waals surface area contributed by atoms with Gasteiger partial charge in [0.2, 0.25) is 5.91 Å². The fraction of sp³-hybridized carbons (Fsp3) is 0.214. The molecule has 0 bridgehead atoms. The lowest BCUT2D eigenvalue weighted by molar-refractivity contribution is -0.131. The van der Waals surface area contributed by atoms with Crippen LogP contribution in [-0.4, -0.2) is 17.9 Å². The minimum Gasteiger partial charge on any atom is -0.340 e. The number of benzene rings is 1. The molecule has 1 atom stereocenters. The number of rotatable bonds is 4. The molecule has 0 saturated carbocycles. The van der Waals surface area contributed by atoms with Crippen molar-refractivity contribution < 1.29 is 4.79 Å². The van der Waals surface area contributed by atoms with Crippen LogP contribution in [0.2, 0.25) is 10.0 Å². The number of thiophene rings is 1. The Balaban J connectivity index is 2.10. The first-order valence-electron chi connectivity index (χ1n) is 5.97. The van der Waals surface area contributed by atoms with Crippen molar-refractivity contribution in [2.75, 3.05) is 7.05 Å². The highest BCUT2D eigenvalue weighted by Crippen LogP contribution is 2.27. The quantitative estimate of drug-likeness (QED) is 0.929. The van der Waals surface area contributed by atoms with E-state index in [-0.39, 0.29) is 5.91 Å². The van der Waals surface area contributed by atoms with E-state index in [4.69, 9.17) is 28.9 Å². The Hall–Kier alpha value is -1.07. The Morgan fingerprint density at radius 3 is 2.75 bits per heavy atom. The Morgan fingerprint density at radius 1 is 1.35 bits per heavy atom. The summed E-state index contributed by atoms with van der Waals surface area (Å²) in [5, 5.41) is 2.85. The van der Waals surface area contributed by atoms with E-state index in [1.807, 2.05) is 23.6 Å². The Kier molecular flexibility index (Phi) is 5.05. The molecule has 1 aromatic carbocycles. The summed E-state index contributed by atoms with van der Waals surface area (Å²) in [7, 11) is 1.70. The summed E-state index contributed by atoms with van der Waals surface area (Å²) in [6.07, 6.45) is 0. The third-order valence-electron chi connectivity index (χ3n) is 2.93. The number of carbonyl (C=O) groups excluding carboxylic acids is 1. The van der Waals surface area contributed by atoms with Gasteiger partial charge >= 0.3 is 0 Å². The zero-order valence-electron chi connectivity index (χ0n) is 10.8. The van der Waals surface area contributed by atoms with Crippen molar-refractivity contribution in [3.8, 4) is 0 Å². The number of halogens is 2. The number of hydrogen-bond acceptors (Lipinski definition) is 3. The maximum atomic E-state index is 12.3. The molecule has 20 heavy (non-hydrogen) atoms. The van der Waals surface area contributed by atoms with E-state index in [0.29, 0.717) is 16.6 Å². The highest BCUT2D eigenvalue weighted by molar-refractivity contribution is 7.10. The first kappa shape index (κ1) is 15.3. The number of hydrogen-bond donors (Lipinski definition) is 1. The minimum absolute atomic E-state index is 0.150. The lowest BCUT2D eigenvalue weighted by Crippen LogP contribution is -2.35. The zero-order valence-corrected chi connectivity index (χ0v) is 13.2. The molecule has 0 fully saturated rings. The van der Waals surface area contributed by atoms with E-state index in [9.17, 15) is 4.79 Å². The summed E-state index contributed by atoms with van der Waals surface area (Å²) < 4.78 is 0. The topological polar surface area (TPSA) is 46.3 Å². The van der Waals surface area contributed by atoms with Crippen molar-refractivity contribution in [3.05, 3.63) is 56.2 Å². The van der Waals surface area contributed by atoms with Gasteiger partial charge in [0, 0.05) is 18.5 Å². The molecule has 1 heterocycles. The number of nitrogens with zero attached hydrogens (tertiary/aromatic N) is 1. The predicted molar refractivity (Wildman–Crippen MR) is 84.2 cm³/mol. The monoisotopic (exact) mass is 328 g/mol. The molecule has 0 radical (unpaired) electrons. The molecule has 2 rings (SSSR count). The van der Waals surface area contributed by atoms with Crippen molar-refractivity contribution in [1.82, 2.24) is 4.90 Å². The van der Waals surface area contributed by atoms with Gasteiger partial charge in [-0.1, -0.05) is 41.4 Å². The predicted octanol–water partition coefficient (Wildman–Crippen LogP) is 3.71. The summed E-state index contributed by atoms with van der Waals surface area (Å²) >= 11 is 13.6. The summed E-state index contributed by atoms with van der Waals surface area (Å²) in [5.41, 5.74) is 6.77. The van der Waals surface area contributed by atoms with E-state index in [2.05, 4.69) is 0 Å². The van der Waals surface area contributed by atoms with E-state index in [1.165, 1.54) is 11.3 Å². The standard InChI is InChI=1S/C14H14Cl2N2OS/c1-18(8-9-4-2-5-10(15)12(9)16)14(19)13(17)11-6-3-7-20-11/h2-7,13H,8,17H2,1H3. The van der Waals surface area contributed by atoms with Crippen LogP contribution in [0.15, 0.2) is 35.7 Å². The van der Waals surface area contributed by atoms with Crippen LogP contribution in [0.4, 0.5) is 0 Å². The van der Waals surface area contributed by atoms with Gasteiger partial charge in [0.05, 0.1) is 10.0 Å². The van der Waals surface area contributed by atoms with E-state index >= 15 is 0 Å². The summed E-state index contributed by atoms with van der Waals surface area (Å²) in [5.74, 6) is -0.150. The summed E-state index contributed by atoms with van der Waals surface area (Å²) in [4.78, 5) is 14.7. The third-order valence-corrected chi connectivity index (χ3v) is 4.74. The SMILES string of the molecule is CN(Cc1cccc(Cl)c1Cl)C(=O)C(N)c1cccs1. The number of likely N-dealkylation sites (N-methyl/N-ethyl adjacent to an activating group) is 1. The lowest BCUT2D eigenvalue weighted by atomic mass is 10.2. The minimum atomic E-state index is -0.641. The smallest absolute Gasteiger partial charge is 0.244 e. The Labute approximate surface area is 131 Å². The molecule has 0 aliphatic rings. The van der Waals surface area contributed by atoms with Crippen LogP contribution in [0.1, 0.15) is 16.5 Å². The van der Waals surface area contributed by atoms with Gasteiger partial charge in [-0.05, 0) is 23.1 Å². The number of nitrogens with two attached hydrogens (primary N) is 1. The van der Waals surface area contributed by atoms with Crippen molar-refractivity contribution in [3.63, 3.8) is 0 Å². The van der Waals surface area contributed by atoms with Crippen LogP contribution in [0.3, 0.4) is 0 Å². The molecule has 0 aliphatic heterocycles. The molecule has 106 valence electrons. The molecule has 1 amide bonds. The molecular formula is C14H14Cl2N2OS. The second kappa shape index (κ2) is 6.59.